The number of aromatic nitrogens is 2. The number of benzene rings is 1. The van der Waals surface area contributed by atoms with E-state index >= 15 is 0 Å². The van der Waals surface area contributed by atoms with Crippen molar-refractivity contribution in [1.29, 1.82) is 0 Å². The number of rotatable bonds is 7. The van der Waals surface area contributed by atoms with Gasteiger partial charge in [-0.05, 0) is 38.0 Å². The zero-order valence-electron chi connectivity index (χ0n) is 14.8. The van der Waals surface area contributed by atoms with E-state index in [1.807, 2.05) is 31.2 Å². The largest absolute Gasteiger partial charge is 0.497 e. The Hall–Kier alpha value is -2.83. The molecule has 0 bridgehead atoms. The lowest BCUT2D eigenvalue weighted by Crippen LogP contribution is -2.35. The van der Waals surface area contributed by atoms with Crippen LogP contribution < -0.4 is 10.1 Å². The molecule has 7 heteroatoms. The van der Waals surface area contributed by atoms with Gasteiger partial charge in [-0.25, -0.2) is 4.79 Å². The molecule has 7 nitrogen and oxygen atoms in total. The number of aliphatic carboxylic acids is 1. The van der Waals surface area contributed by atoms with Crippen molar-refractivity contribution in [3.05, 3.63) is 42.2 Å². The first-order valence-corrected chi connectivity index (χ1v) is 7.96. The zero-order chi connectivity index (χ0) is 18.6. The first kappa shape index (κ1) is 18.5. The number of nitrogens with one attached hydrogen (secondary N) is 1. The lowest BCUT2D eigenvalue weighted by atomic mass is 10.0. The second kappa shape index (κ2) is 7.38. The highest BCUT2D eigenvalue weighted by molar-refractivity contribution is 5.92. The van der Waals surface area contributed by atoms with Gasteiger partial charge in [0.2, 0.25) is 5.91 Å². The van der Waals surface area contributed by atoms with Gasteiger partial charge >= 0.3 is 5.97 Å². The van der Waals surface area contributed by atoms with Crippen LogP contribution in [-0.2, 0) is 21.5 Å². The summed E-state index contributed by atoms with van der Waals surface area (Å²) in [4.78, 5) is 23.6. The molecule has 1 heterocycles. The van der Waals surface area contributed by atoms with Crippen molar-refractivity contribution in [1.82, 2.24) is 9.78 Å². The van der Waals surface area contributed by atoms with Gasteiger partial charge in [0.1, 0.15) is 5.75 Å². The van der Waals surface area contributed by atoms with E-state index in [-0.39, 0.29) is 11.8 Å². The monoisotopic (exact) mass is 345 g/mol. The molecule has 1 amide bonds. The molecule has 0 radical (unpaired) electrons. The van der Waals surface area contributed by atoms with Crippen molar-refractivity contribution in [3.8, 4) is 5.75 Å². The van der Waals surface area contributed by atoms with E-state index < -0.39 is 11.5 Å². The van der Waals surface area contributed by atoms with E-state index in [0.29, 0.717) is 12.1 Å². The molecule has 1 aromatic heterocycles. The number of amides is 1. The molecule has 0 fully saturated rings. The van der Waals surface area contributed by atoms with Crippen molar-refractivity contribution < 1.29 is 19.4 Å². The number of carbonyl (C=O) groups is 2. The fourth-order valence-electron chi connectivity index (χ4n) is 2.26. The number of anilines is 1. The molecular weight excluding hydrogens is 322 g/mol. The molecule has 2 N–H and O–H groups in total. The molecule has 2 aromatic rings. The quantitative estimate of drug-likeness (QED) is 0.804. The van der Waals surface area contributed by atoms with Gasteiger partial charge in [-0.3, -0.25) is 9.48 Å². The normalized spacial score (nSPS) is 12.5. The van der Waals surface area contributed by atoms with E-state index in [4.69, 9.17) is 4.74 Å². The molecule has 0 saturated carbocycles. The van der Waals surface area contributed by atoms with Crippen LogP contribution in [0.15, 0.2) is 36.7 Å². The van der Waals surface area contributed by atoms with Crippen LogP contribution >= 0.6 is 0 Å². The molecule has 0 aliphatic heterocycles. The van der Waals surface area contributed by atoms with Crippen molar-refractivity contribution in [2.75, 3.05) is 12.4 Å². The van der Waals surface area contributed by atoms with Crippen LogP contribution in [0.25, 0.3) is 0 Å². The van der Waals surface area contributed by atoms with Gasteiger partial charge < -0.3 is 15.2 Å². The highest BCUT2D eigenvalue weighted by Crippen LogP contribution is 2.19. The predicted octanol–water partition coefficient (Wildman–Crippen LogP) is 2.53. The summed E-state index contributed by atoms with van der Waals surface area (Å²) in [5.41, 5.74) is 0.324. The fraction of sp³-hybridized carbons (Fsp3) is 0.389. The van der Waals surface area contributed by atoms with Gasteiger partial charge in [0.25, 0.3) is 0 Å². The third-order valence-electron chi connectivity index (χ3n) is 4.09. The van der Waals surface area contributed by atoms with Crippen LogP contribution in [0.4, 0.5) is 5.69 Å². The van der Waals surface area contributed by atoms with Crippen molar-refractivity contribution >= 4 is 17.6 Å². The summed E-state index contributed by atoms with van der Waals surface area (Å²) in [6.45, 7) is 4.92. The number of carboxylic acid groups (broad SMARTS) is 1. The standard InChI is InChI=1S/C18H23N3O4/c1-12(9-13-5-7-15(25-4)8-6-13)16(22)20-14-10-19-21(11-14)18(2,3)17(23)24/h5-8,10-12H,9H2,1-4H3,(H,20,22)(H,23,24). The van der Waals surface area contributed by atoms with Crippen LogP contribution in [-0.4, -0.2) is 33.9 Å². The maximum Gasteiger partial charge on any atom is 0.331 e. The molecule has 25 heavy (non-hydrogen) atoms. The number of nitrogens with zero attached hydrogens (tertiary/aromatic N) is 2. The summed E-state index contributed by atoms with van der Waals surface area (Å²) in [6, 6.07) is 7.57. The summed E-state index contributed by atoms with van der Waals surface area (Å²) in [5.74, 6) is -0.622. The lowest BCUT2D eigenvalue weighted by Gasteiger charge is -2.19. The maximum absolute atomic E-state index is 12.3. The summed E-state index contributed by atoms with van der Waals surface area (Å²) in [6.07, 6.45) is 3.55. The predicted molar refractivity (Wildman–Crippen MR) is 93.7 cm³/mol. The number of carbonyl (C=O) groups excluding carboxylic acids is 1. The SMILES string of the molecule is COc1ccc(CC(C)C(=O)Nc2cnn(C(C)(C)C(=O)O)c2)cc1. The topological polar surface area (TPSA) is 93.5 Å². The van der Waals surface area contributed by atoms with E-state index in [2.05, 4.69) is 10.4 Å². The van der Waals surface area contributed by atoms with Gasteiger partial charge in [-0.15, -0.1) is 0 Å². The van der Waals surface area contributed by atoms with Crippen molar-refractivity contribution in [3.63, 3.8) is 0 Å². The summed E-state index contributed by atoms with van der Waals surface area (Å²) in [7, 11) is 1.61. The average Bonchev–Trinajstić information content (AvgIpc) is 3.04. The molecule has 2 rings (SSSR count). The molecule has 1 unspecified atom stereocenters. The molecule has 0 aliphatic carbocycles. The molecule has 1 aromatic carbocycles. The summed E-state index contributed by atoms with van der Waals surface area (Å²) in [5, 5.41) is 16.0. The molecule has 134 valence electrons. The Morgan fingerprint density at radius 3 is 2.52 bits per heavy atom. The molecule has 0 spiro atoms. The van der Waals surface area contributed by atoms with E-state index in [0.717, 1.165) is 11.3 Å². The highest BCUT2D eigenvalue weighted by atomic mass is 16.5. The van der Waals surface area contributed by atoms with Gasteiger partial charge in [0.05, 0.1) is 19.0 Å². The number of carboxylic acids is 1. The fourth-order valence-corrected chi connectivity index (χ4v) is 2.26. The minimum absolute atomic E-state index is 0.150. The van der Waals surface area contributed by atoms with E-state index in [9.17, 15) is 14.7 Å². The number of methoxy groups -OCH3 is 1. The molecule has 0 aliphatic rings. The zero-order valence-corrected chi connectivity index (χ0v) is 14.8. The third-order valence-corrected chi connectivity index (χ3v) is 4.09. The Morgan fingerprint density at radius 1 is 1.32 bits per heavy atom. The minimum Gasteiger partial charge on any atom is -0.497 e. The van der Waals surface area contributed by atoms with Crippen LogP contribution in [0.1, 0.15) is 26.3 Å². The third kappa shape index (κ3) is 4.37. The maximum atomic E-state index is 12.3. The Balaban J connectivity index is 1.99. The summed E-state index contributed by atoms with van der Waals surface area (Å²) < 4.78 is 6.44. The Bertz CT molecular complexity index is 750. The molecule has 1 atom stereocenters. The van der Waals surface area contributed by atoms with Crippen LogP contribution in [0.2, 0.25) is 0 Å². The second-order valence-corrected chi connectivity index (χ2v) is 6.48. The van der Waals surface area contributed by atoms with Crippen molar-refractivity contribution in [2.24, 2.45) is 5.92 Å². The van der Waals surface area contributed by atoms with Crippen LogP contribution in [0.3, 0.4) is 0 Å². The van der Waals surface area contributed by atoms with Gasteiger partial charge in [0.15, 0.2) is 5.54 Å². The Labute approximate surface area is 146 Å². The van der Waals surface area contributed by atoms with Gasteiger partial charge in [-0.1, -0.05) is 19.1 Å². The van der Waals surface area contributed by atoms with Crippen LogP contribution in [0, 0.1) is 5.92 Å². The van der Waals surface area contributed by atoms with E-state index in [1.54, 1.807) is 21.0 Å². The Kier molecular flexibility index (Phi) is 5.46. The first-order chi connectivity index (χ1) is 11.7. The van der Waals surface area contributed by atoms with Crippen molar-refractivity contribution in [2.45, 2.75) is 32.7 Å². The Morgan fingerprint density at radius 2 is 1.96 bits per heavy atom. The lowest BCUT2D eigenvalue weighted by molar-refractivity contribution is -0.146. The number of hydrogen-bond donors (Lipinski definition) is 2. The smallest absolute Gasteiger partial charge is 0.331 e. The highest BCUT2D eigenvalue weighted by Gasteiger charge is 2.30. The average molecular weight is 345 g/mol. The molecule has 0 saturated heterocycles. The van der Waals surface area contributed by atoms with Crippen LogP contribution in [0.5, 0.6) is 5.75 Å². The minimum atomic E-state index is -1.18. The first-order valence-electron chi connectivity index (χ1n) is 7.96. The summed E-state index contributed by atoms with van der Waals surface area (Å²) >= 11 is 0. The van der Waals surface area contributed by atoms with E-state index in [1.165, 1.54) is 17.1 Å². The van der Waals surface area contributed by atoms with Gasteiger partial charge in [0, 0.05) is 12.1 Å². The number of hydrogen-bond acceptors (Lipinski definition) is 4. The number of ether oxygens (including phenoxy) is 1. The van der Waals surface area contributed by atoms with Gasteiger partial charge in [-0.2, -0.15) is 5.10 Å². The second-order valence-electron chi connectivity index (χ2n) is 6.48. The molecular formula is C18H23N3O4.